The van der Waals surface area contributed by atoms with Crippen molar-refractivity contribution in [2.24, 2.45) is 5.73 Å². The minimum absolute atomic E-state index is 0.134. The predicted octanol–water partition coefficient (Wildman–Crippen LogP) is 1.78. The van der Waals surface area contributed by atoms with E-state index in [0.717, 1.165) is 31.0 Å². The molecule has 1 aromatic heterocycles. The van der Waals surface area contributed by atoms with Gasteiger partial charge in [-0.05, 0) is 41.0 Å². The summed E-state index contributed by atoms with van der Waals surface area (Å²) in [6, 6.07) is 0.134. The van der Waals surface area contributed by atoms with Crippen LogP contribution in [0.2, 0.25) is 0 Å². The minimum Gasteiger partial charge on any atom is -0.394 e. The van der Waals surface area contributed by atoms with Gasteiger partial charge < -0.3 is 16.4 Å². The molecule has 1 heterocycles. The Hall–Kier alpha value is -1.23. The Morgan fingerprint density at radius 3 is 2.39 bits per heavy atom. The van der Waals surface area contributed by atoms with Crippen LogP contribution in [-0.2, 0) is 5.54 Å². The van der Waals surface area contributed by atoms with E-state index >= 15 is 0 Å². The monoisotopic (exact) mass is 253 g/mol. The Bertz CT molecular complexity index is 377. The molecule has 0 saturated heterocycles. The third-order valence-corrected chi connectivity index (χ3v) is 3.23. The highest BCUT2D eigenvalue weighted by Crippen LogP contribution is 2.31. The van der Waals surface area contributed by atoms with Gasteiger partial charge in [0.1, 0.15) is 0 Å². The standard InChI is InChI=1S/C13H27N5/c1-6-17(7-2)12-11(15)9-16-18(12)13(4,5)8-10(3)14/h9-10H,6-8,14-15H2,1-5H3. The van der Waals surface area contributed by atoms with Crippen molar-refractivity contribution in [2.45, 2.75) is 52.6 Å². The molecule has 0 aliphatic carbocycles. The van der Waals surface area contributed by atoms with Crippen molar-refractivity contribution < 1.29 is 0 Å². The average Bonchev–Trinajstić information content (AvgIpc) is 2.62. The highest BCUT2D eigenvalue weighted by molar-refractivity contribution is 5.62. The van der Waals surface area contributed by atoms with E-state index in [2.05, 4.69) is 37.7 Å². The molecule has 1 atom stereocenters. The first-order chi connectivity index (χ1) is 8.33. The molecule has 0 aromatic carbocycles. The number of nitrogen functional groups attached to an aromatic ring is 1. The van der Waals surface area contributed by atoms with Crippen LogP contribution in [0.1, 0.15) is 41.0 Å². The van der Waals surface area contributed by atoms with Crippen molar-refractivity contribution in [2.75, 3.05) is 23.7 Å². The van der Waals surface area contributed by atoms with Gasteiger partial charge in [-0.25, -0.2) is 4.68 Å². The fraction of sp³-hybridized carbons (Fsp3) is 0.769. The molecule has 0 spiro atoms. The minimum atomic E-state index is -0.135. The van der Waals surface area contributed by atoms with Crippen LogP contribution < -0.4 is 16.4 Å². The summed E-state index contributed by atoms with van der Waals surface area (Å²) in [5, 5.41) is 4.45. The number of hydrogen-bond donors (Lipinski definition) is 2. The van der Waals surface area contributed by atoms with Crippen molar-refractivity contribution in [1.29, 1.82) is 0 Å². The van der Waals surface area contributed by atoms with Crippen LogP contribution in [0.25, 0.3) is 0 Å². The number of aromatic nitrogens is 2. The first-order valence-electron chi connectivity index (χ1n) is 6.68. The molecule has 4 N–H and O–H groups in total. The first kappa shape index (κ1) is 14.8. The second-order valence-electron chi connectivity index (χ2n) is 5.50. The Morgan fingerprint density at radius 2 is 1.94 bits per heavy atom. The van der Waals surface area contributed by atoms with Gasteiger partial charge in [0, 0.05) is 19.1 Å². The third-order valence-electron chi connectivity index (χ3n) is 3.23. The zero-order chi connectivity index (χ0) is 13.9. The molecule has 1 aromatic rings. The van der Waals surface area contributed by atoms with E-state index < -0.39 is 0 Å². The van der Waals surface area contributed by atoms with Crippen molar-refractivity contribution in [3.05, 3.63) is 6.20 Å². The van der Waals surface area contributed by atoms with Gasteiger partial charge in [-0.3, -0.25) is 0 Å². The molecular formula is C13H27N5. The van der Waals surface area contributed by atoms with E-state index in [9.17, 15) is 0 Å². The van der Waals surface area contributed by atoms with Crippen LogP contribution >= 0.6 is 0 Å². The summed E-state index contributed by atoms with van der Waals surface area (Å²) >= 11 is 0. The summed E-state index contributed by atoms with van der Waals surface area (Å²) in [7, 11) is 0. The van der Waals surface area contributed by atoms with Gasteiger partial charge >= 0.3 is 0 Å². The lowest BCUT2D eigenvalue weighted by molar-refractivity contribution is 0.279. The Kier molecular flexibility index (Phi) is 4.62. The fourth-order valence-electron chi connectivity index (χ4n) is 2.51. The lowest BCUT2D eigenvalue weighted by Crippen LogP contribution is -2.37. The number of nitrogens with two attached hydrogens (primary N) is 2. The second-order valence-corrected chi connectivity index (χ2v) is 5.50. The van der Waals surface area contributed by atoms with Crippen molar-refractivity contribution in [3.8, 4) is 0 Å². The van der Waals surface area contributed by atoms with Gasteiger partial charge in [-0.2, -0.15) is 5.10 Å². The summed E-state index contributed by atoms with van der Waals surface area (Å²) in [5.74, 6) is 1.01. The van der Waals surface area contributed by atoms with Gasteiger partial charge in [0.15, 0.2) is 5.82 Å². The maximum atomic E-state index is 6.06. The lowest BCUT2D eigenvalue weighted by Gasteiger charge is -2.32. The Morgan fingerprint density at radius 1 is 1.39 bits per heavy atom. The molecule has 0 fully saturated rings. The summed E-state index contributed by atoms with van der Waals surface area (Å²) in [6.45, 7) is 12.4. The van der Waals surface area contributed by atoms with E-state index in [1.54, 1.807) is 6.20 Å². The van der Waals surface area contributed by atoms with Crippen LogP contribution in [0.5, 0.6) is 0 Å². The fourth-order valence-corrected chi connectivity index (χ4v) is 2.51. The lowest BCUT2D eigenvalue weighted by atomic mass is 9.96. The summed E-state index contributed by atoms with van der Waals surface area (Å²) in [5.41, 5.74) is 12.6. The summed E-state index contributed by atoms with van der Waals surface area (Å²) in [6.07, 6.45) is 2.60. The second kappa shape index (κ2) is 5.61. The molecule has 5 nitrogen and oxygen atoms in total. The first-order valence-corrected chi connectivity index (χ1v) is 6.68. The van der Waals surface area contributed by atoms with E-state index in [0.29, 0.717) is 0 Å². The van der Waals surface area contributed by atoms with Crippen molar-refractivity contribution in [1.82, 2.24) is 9.78 Å². The molecule has 0 amide bonds. The summed E-state index contributed by atoms with van der Waals surface area (Å²) in [4.78, 5) is 2.23. The number of nitrogens with zero attached hydrogens (tertiary/aromatic N) is 3. The van der Waals surface area contributed by atoms with Gasteiger partial charge in [0.2, 0.25) is 0 Å². The SMILES string of the molecule is CCN(CC)c1c(N)cnn1C(C)(C)CC(C)N. The van der Waals surface area contributed by atoms with E-state index in [4.69, 9.17) is 11.5 Å². The van der Waals surface area contributed by atoms with E-state index in [1.165, 1.54) is 0 Å². The zero-order valence-electron chi connectivity index (χ0n) is 12.3. The van der Waals surface area contributed by atoms with E-state index in [-0.39, 0.29) is 11.6 Å². The maximum Gasteiger partial charge on any atom is 0.150 e. The predicted molar refractivity (Wildman–Crippen MR) is 77.8 cm³/mol. The van der Waals surface area contributed by atoms with Gasteiger partial charge in [0.25, 0.3) is 0 Å². The highest BCUT2D eigenvalue weighted by atomic mass is 15.4. The quantitative estimate of drug-likeness (QED) is 0.810. The zero-order valence-corrected chi connectivity index (χ0v) is 12.3. The van der Waals surface area contributed by atoms with Crippen LogP contribution in [0.4, 0.5) is 11.5 Å². The van der Waals surface area contributed by atoms with Crippen molar-refractivity contribution >= 4 is 11.5 Å². The van der Waals surface area contributed by atoms with Crippen LogP contribution in [0.3, 0.4) is 0 Å². The molecule has 0 saturated carbocycles. The molecule has 18 heavy (non-hydrogen) atoms. The van der Waals surface area contributed by atoms with E-state index in [1.807, 2.05) is 11.6 Å². The molecule has 1 unspecified atom stereocenters. The molecule has 0 aliphatic rings. The van der Waals surface area contributed by atoms with Gasteiger partial charge in [0.05, 0.1) is 17.4 Å². The molecule has 1 rings (SSSR count). The molecule has 104 valence electrons. The molecular weight excluding hydrogens is 226 g/mol. The topological polar surface area (TPSA) is 73.1 Å². The molecule has 0 bridgehead atoms. The Balaban J connectivity index is 3.17. The number of rotatable bonds is 6. The smallest absolute Gasteiger partial charge is 0.150 e. The van der Waals surface area contributed by atoms with Crippen molar-refractivity contribution in [3.63, 3.8) is 0 Å². The molecule has 0 aliphatic heterocycles. The number of anilines is 2. The number of hydrogen-bond acceptors (Lipinski definition) is 4. The average molecular weight is 253 g/mol. The van der Waals surface area contributed by atoms with Crippen LogP contribution in [0, 0.1) is 0 Å². The normalized spacial score (nSPS) is 13.7. The van der Waals surface area contributed by atoms with Gasteiger partial charge in [-0.1, -0.05) is 0 Å². The largest absolute Gasteiger partial charge is 0.394 e. The van der Waals surface area contributed by atoms with Crippen LogP contribution in [0.15, 0.2) is 6.20 Å². The van der Waals surface area contributed by atoms with Gasteiger partial charge in [-0.15, -0.1) is 0 Å². The highest BCUT2D eigenvalue weighted by Gasteiger charge is 2.28. The molecule has 5 heteroatoms. The molecule has 0 radical (unpaired) electrons. The third kappa shape index (κ3) is 2.96. The van der Waals surface area contributed by atoms with Crippen LogP contribution in [-0.4, -0.2) is 28.9 Å². The summed E-state index contributed by atoms with van der Waals surface area (Å²) < 4.78 is 2.01. The Labute approximate surface area is 110 Å². The maximum absolute atomic E-state index is 6.06.